The summed E-state index contributed by atoms with van der Waals surface area (Å²) in [4.78, 5) is 0. The van der Waals surface area contributed by atoms with E-state index in [0.29, 0.717) is 0 Å². The van der Waals surface area contributed by atoms with Crippen LogP contribution in [0.4, 0.5) is 8.78 Å². The highest BCUT2D eigenvalue weighted by atomic mass is 19.1. The molecule has 0 aliphatic heterocycles. The van der Waals surface area contributed by atoms with E-state index in [9.17, 15) is 8.78 Å². The lowest BCUT2D eigenvalue weighted by molar-refractivity contribution is 0.624. The van der Waals surface area contributed by atoms with Crippen LogP contribution in [0.3, 0.4) is 0 Å². The van der Waals surface area contributed by atoms with Crippen LogP contribution in [0.5, 0.6) is 0 Å². The molecule has 0 N–H and O–H groups in total. The van der Waals surface area contributed by atoms with Crippen molar-refractivity contribution >= 4 is 0 Å². The SMILES string of the molecule is [CH2]C(CCc1ccc(F)cc1)c1ccc(F)cc1. The highest BCUT2D eigenvalue weighted by molar-refractivity contribution is 5.22. The molecule has 2 rings (SSSR count). The molecular weight excluding hydrogens is 230 g/mol. The molecule has 0 saturated carbocycles. The van der Waals surface area contributed by atoms with Crippen molar-refractivity contribution in [1.29, 1.82) is 0 Å². The zero-order chi connectivity index (χ0) is 13.0. The molecule has 18 heavy (non-hydrogen) atoms. The zero-order valence-electron chi connectivity index (χ0n) is 10.1. The summed E-state index contributed by atoms with van der Waals surface area (Å²) in [5, 5.41) is 0. The quantitative estimate of drug-likeness (QED) is 0.743. The molecule has 0 amide bonds. The highest BCUT2D eigenvalue weighted by Crippen LogP contribution is 2.21. The van der Waals surface area contributed by atoms with Gasteiger partial charge in [-0.3, -0.25) is 0 Å². The van der Waals surface area contributed by atoms with E-state index in [4.69, 9.17) is 0 Å². The van der Waals surface area contributed by atoms with E-state index in [0.717, 1.165) is 24.0 Å². The van der Waals surface area contributed by atoms with E-state index in [1.807, 2.05) is 0 Å². The van der Waals surface area contributed by atoms with Gasteiger partial charge in [-0.25, -0.2) is 8.78 Å². The van der Waals surface area contributed by atoms with E-state index in [2.05, 4.69) is 6.92 Å². The highest BCUT2D eigenvalue weighted by Gasteiger charge is 2.06. The average molecular weight is 245 g/mol. The van der Waals surface area contributed by atoms with Crippen molar-refractivity contribution in [2.24, 2.45) is 0 Å². The van der Waals surface area contributed by atoms with Crippen LogP contribution in [-0.4, -0.2) is 0 Å². The van der Waals surface area contributed by atoms with Gasteiger partial charge < -0.3 is 0 Å². The molecule has 1 radical (unpaired) electrons. The predicted molar refractivity (Wildman–Crippen MR) is 69.2 cm³/mol. The second-order valence-corrected chi connectivity index (χ2v) is 4.41. The summed E-state index contributed by atoms with van der Waals surface area (Å²) in [6, 6.07) is 12.9. The van der Waals surface area contributed by atoms with Crippen molar-refractivity contribution in [3.8, 4) is 0 Å². The van der Waals surface area contributed by atoms with Crippen LogP contribution in [0.15, 0.2) is 48.5 Å². The van der Waals surface area contributed by atoms with Crippen LogP contribution in [0, 0.1) is 18.6 Å². The predicted octanol–water partition coefficient (Wildman–Crippen LogP) is 4.52. The van der Waals surface area contributed by atoms with Gasteiger partial charge in [-0.15, -0.1) is 0 Å². The Morgan fingerprint density at radius 2 is 1.33 bits per heavy atom. The van der Waals surface area contributed by atoms with Gasteiger partial charge in [-0.05, 0) is 61.1 Å². The number of hydrogen-bond donors (Lipinski definition) is 0. The summed E-state index contributed by atoms with van der Waals surface area (Å²) in [5.41, 5.74) is 2.12. The molecule has 0 aromatic heterocycles. The van der Waals surface area contributed by atoms with Crippen LogP contribution in [0.1, 0.15) is 23.5 Å². The first-order valence-electron chi connectivity index (χ1n) is 5.98. The van der Waals surface area contributed by atoms with Crippen molar-refractivity contribution in [2.45, 2.75) is 18.8 Å². The molecule has 1 atom stereocenters. The molecular formula is C16H15F2. The Morgan fingerprint density at radius 1 is 0.833 bits per heavy atom. The summed E-state index contributed by atoms with van der Waals surface area (Å²) < 4.78 is 25.5. The summed E-state index contributed by atoms with van der Waals surface area (Å²) in [6.45, 7) is 4.07. The molecule has 0 aliphatic rings. The summed E-state index contributed by atoms with van der Waals surface area (Å²) in [7, 11) is 0. The number of rotatable bonds is 4. The molecule has 0 saturated heterocycles. The molecule has 0 spiro atoms. The van der Waals surface area contributed by atoms with Gasteiger partial charge in [0.1, 0.15) is 11.6 Å². The van der Waals surface area contributed by atoms with Crippen molar-refractivity contribution < 1.29 is 8.78 Å². The second-order valence-electron chi connectivity index (χ2n) is 4.41. The Labute approximate surface area is 106 Å². The van der Waals surface area contributed by atoms with Crippen LogP contribution in [0.25, 0.3) is 0 Å². The number of benzene rings is 2. The number of hydrogen-bond acceptors (Lipinski definition) is 0. The van der Waals surface area contributed by atoms with E-state index >= 15 is 0 Å². The molecule has 93 valence electrons. The van der Waals surface area contributed by atoms with Crippen molar-refractivity contribution in [1.82, 2.24) is 0 Å². The van der Waals surface area contributed by atoms with Gasteiger partial charge in [0, 0.05) is 0 Å². The average Bonchev–Trinajstić information content (AvgIpc) is 2.38. The lowest BCUT2D eigenvalue weighted by Gasteiger charge is -2.11. The molecule has 0 bridgehead atoms. The Morgan fingerprint density at radius 3 is 1.89 bits per heavy atom. The molecule has 0 heterocycles. The van der Waals surface area contributed by atoms with Crippen molar-refractivity contribution in [3.05, 3.63) is 78.2 Å². The fraction of sp³-hybridized carbons (Fsp3) is 0.188. The maximum absolute atomic E-state index is 12.8. The van der Waals surface area contributed by atoms with Gasteiger partial charge in [-0.2, -0.15) is 0 Å². The third-order valence-corrected chi connectivity index (χ3v) is 3.04. The minimum absolute atomic E-state index is 0.121. The van der Waals surface area contributed by atoms with Gasteiger partial charge in [0.05, 0.1) is 0 Å². The molecule has 1 unspecified atom stereocenters. The largest absolute Gasteiger partial charge is 0.207 e. The fourth-order valence-electron chi connectivity index (χ4n) is 1.89. The van der Waals surface area contributed by atoms with Crippen molar-refractivity contribution in [2.75, 3.05) is 0 Å². The first-order valence-corrected chi connectivity index (χ1v) is 5.98. The number of aryl methyl sites for hydroxylation is 1. The monoisotopic (exact) mass is 245 g/mol. The van der Waals surface area contributed by atoms with Gasteiger partial charge in [0.15, 0.2) is 0 Å². The van der Waals surface area contributed by atoms with Gasteiger partial charge >= 0.3 is 0 Å². The second kappa shape index (κ2) is 5.76. The zero-order valence-corrected chi connectivity index (χ0v) is 10.1. The minimum atomic E-state index is -0.232. The van der Waals surface area contributed by atoms with Crippen molar-refractivity contribution in [3.63, 3.8) is 0 Å². The molecule has 2 aromatic carbocycles. The normalized spacial score (nSPS) is 12.4. The maximum atomic E-state index is 12.8. The lowest BCUT2D eigenvalue weighted by Crippen LogP contribution is -1.97. The lowest BCUT2D eigenvalue weighted by atomic mass is 9.94. The maximum Gasteiger partial charge on any atom is 0.123 e. The Kier molecular flexibility index (Phi) is 4.08. The van der Waals surface area contributed by atoms with Crippen LogP contribution >= 0.6 is 0 Å². The van der Waals surface area contributed by atoms with E-state index in [1.54, 1.807) is 24.3 Å². The molecule has 0 fully saturated rings. The smallest absolute Gasteiger partial charge is 0.123 e. The van der Waals surface area contributed by atoms with E-state index < -0.39 is 0 Å². The van der Waals surface area contributed by atoms with Crippen LogP contribution < -0.4 is 0 Å². The standard InChI is InChI=1S/C16H15F2/c1-12(14-6-10-16(18)11-7-14)2-3-13-4-8-15(17)9-5-13/h4-12H,1-3H2. The Hall–Kier alpha value is -1.70. The molecule has 0 nitrogen and oxygen atoms in total. The third kappa shape index (κ3) is 3.39. The first-order chi connectivity index (χ1) is 8.65. The molecule has 0 aliphatic carbocycles. The third-order valence-electron chi connectivity index (χ3n) is 3.04. The minimum Gasteiger partial charge on any atom is -0.207 e. The van der Waals surface area contributed by atoms with E-state index in [1.165, 1.54) is 24.3 Å². The fourth-order valence-corrected chi connectivity index (χ4v) is 1.89. The van der Waals surface area contributed by atoms with Gasteiger partial charge in [0.2, 0.25) is 0 Å². The van der Waals surface area contributed by atoms with Crippen LogP contribution in [-0.2, 0) is 6.42 Å². The Balaban J connectivity index is 1.93. The molecule has 2 aromatic rings. The Bertz CT molecular complexity index is 486. The topological polar surface area (TPSA) is 0 Å². The first kappa shape index (κ1) is 12.7. The number of halogens is 2. The molecule has 2 heteroatoms. The van der Waals surface area contributed by atoms with Gasteiger partial charge in [0.25, 0.3) is 0 Å². The van der Waals surface area contributed by atoms with E-state index in [-0.39, 0.29) is 17.6 Å². The summed E-state index contributed by atoms with van der Waals surface area (Å²) in [5.74, 6) is -0.330. The van der Waals surface area contributed by atoms with Gasteiger partial charge in [-0.1, -0.05) is 24.3 Å². The van der Waals surface area contributed by atoms with Crippen LogP contribution in [0.2, 0.25) is 0 Å². The summed E-state index contributed by atoms with van der Waals surface area (Å²) >= 11 is 0. The summed E-state index contributed by atoms with van der Waals surface area (Å²) in [6.07, 6.45) is 1.70.